The smallest absolute Gasteiger partial charge is 0.253 e. The minimum absolute atomic E-state index is 0.0298. The zero-order chi connectivity index (χ0) is 14.3. The third kappa shape index (κ3) is 4.56. The highest BCUT2D eigenvalue weighted by atomic mass is 16.5. The molecule has 0 aliphatic carbocycles. The highest BCUT2D eigenvalue weighted by Gasteiger charge is 2.12. The second kappa shape index (κ2) is 7.79. The number of amides is 1. The van der Waals surface area contributed by atoms with Gasteiger partial charge in [-0.3, -0.25) is 4.79 Å². The van der Waals surface area contributed by atoms with Gasteiger partial charge >= 0.3 is 0 Å². The number of hydrogen-bond acceptors (Lipinski definition) is 3. The molecule has 0 atom stereocenters. The fourth-order valence-corrected chi connectivity index (χ4v) is 1.80. The molecule has 1 aromatic rings. The molecule has 0 spiro atoms. The summed E-state index contributed by atoms with van der Waals surface area (Å²) >= 11 is 0. The molecule has 1 rings (SSSR count). The first kappa shape index (κ1) is 15.5. The Morgan fingerprint density at radius 1 is 1.42 bits per heavy atom. The lowest BCUT2D eigenvalue weighted by Crippen LogP contribution is -2.30. The van der Waals surface area contributed by atoms with Crippen molar-refractivity contribution < 1.29 is 9.53 Å². The summed E-state index contributed by atoms with van der Waals surface area (Å²) in [5.41, 5.74) is 2.91. The van der Waals surface area contributed by atoms with E-state index < -0.39 is 0 Å². The predicted octanol–water partition coefficient (Wildman–Crippen LogP) is 2.54. The number of methoxy groups -OCH3 is 1. The lowest BCUT2D eigenvalue weighted by Gasteiger charge is -2.17. The van der Waals surface area contributed by atoms with Crippen molar-refractivity contribution >= 4 is 11.6 Å². The molecule has 0 fully saturated rings. The van der Waals surface area contributed by atoms with E-state index in [9.17, 15) is 4.79 Å². The maximum absolute atomic E-state index is 12.2. The average Bonchev–Trinajstić information content (AvgIpc) is 2.42. The Balaban J connectivity index is 2.73. The van der Waals surface area contributed by atoms with E-state index in [2.05, 4.69) is 12.2 Å². The molecule has 0 aliphatic rings. The standard InChI is InChI=1S/C15H24N2O2/c1-5-8-16-14-7-6-13(11-12(14)2)15(18)17(3)9-10-19-4/h6-7,11,16H,5,8-10H2,1-4H3. The highest BCUT2D eigenvalue weighted by molar-refractivity contribution is 5.94. The highest BCUT2D eigenvalue weighted by Crippen LogP contribution is 2.17. The molecule has 0 aliphatic heterocycles. The number of benzene rings is 1. The van der Waals surface area contributed by atoms with Crippen molar-refractivity contribution in [3.05, 3.63) is 29.3 Å². The Hall–Kier alpha value is -1.55. The molecular formula is C15H24N2O2. The molecule has 0 saturated heterocycles. The fourth-order valence-electron chi connectivity index (χ4n) is 1.80. The molecule has 4 nitrogen and oxygen atoms in total. The number of aryl methyl sites for hydroxylation is 1. The maximum atomic E-state index is 12.2. The zero-order valence-corrected chi connectivity index (χ0v) is 12.3. The number of hydrogen-bond donors (Lipinski definition) is 1. The molecule has 19 heavy (non-hydrogen) atoms. The summed E-state index contributed by atoms with van der Waals surface area (Å²) in [6, 6.07) is 5.78. The maximum Gasteiger partial charge on any atom is 0.253 e. The lowest BCUT2D eigenvalue weighted by molar-refractivity contribution is 0.0744. The molecule has 0 bridgehead atoms. The van der Waals surface area contributed by atoms with Gasteiger partial charge in [-0.15, -0.1) is 0 Å². The zero-order valence-electron chi connectivity index (χ0n) is 12.3. The molecule has 0 saturated carbocycles. The molecule has 1 N–H and O–H groups in total. The van der Waals surface area contributed by atoms with Crippen molar-refractivity contribution in [2.24, 2.45) is 0 Å². The van der Waals surface area contributed by atoms with Gasteiger partial charge in [0.25, 0.3) is 5.91 Å². The van der Waals surface area contributed by atoms with Crippen molar-refractivity contribution in [2.45, 2.75) is 20.3 Å². The van der Waals surface area contributed by atoms with Gasteiger partial charge in [0.15, 0.2) is 0 Å². The number of nitrogens with zero attached hydrogens (tertiary/aromatic N) is 1. The first-order valence-corrected chi connectivity index (χ1v) is 6.69. The largest absolute Gasteiger partial charge is 0.385 e. The Labute approximate surface area is 115 Å². The van der Waals surface area contributed by atoms with Crippen LogP contribution in [0.25, 0.3) is 0 Å². The number of likely N-dealkylation sites (N-methyl/N-ethyl adjacent to an activating group) is 1. The summed E-state index contributed by atoms with van der Waals surface area (Å²) in [4.78, 5) is 13.9. The van der Waals surface area contributed by atoms with E-state index in [4.69, 9.17) is 4.74 Å². The molecular weight excluding hydrogens is 240 g/mol. The van der Waals surface area contributed by atoms with Crippen LogP contribution in [0.3, 0.4) is 0 Å². The van der Waals surface area contributed by atoms with E-state index in [0.29, 0.717) is 13.2 Å². The van der Waals surface area contributed by atoms with E-state index in [-0.39, 0.29) is 5.91 Å². The van der Waals surface area contributed by atoms with Crippen LogP contribution in [0.2, 0.25) is 0 Å². The molecule has 0 unspecified atom stereocenters. The summed E-state index contributed by atoms with van der Waals surface area (Å²) in [6.07, 6.45) is 1.08. The third-order valence-electron chi connectivity index (χ3n) is 3.02. The molecule has 1 amide bonds. The van der Waals surface area contributed by atoms with Gasteiger partial charge in [0, 0.05) is 38.5 Å². The quantitative estimate of drug-likeness (QED) is 0.823. The van der Waals surface area contributed by atoms with E-state index in [1.54, 1.807) is 19.1 Å². The van der Waals surface area contributed by atoms with Crippen molar-refractivity contribution in [3.63, 3.8) is 0 Å². The Kier molecular flexibility index (Phi) is 6.36. The second-order valence-corrected chi connectivity index (χ2v) is 4.68. The lowest BCUT2D eigenvalue weighted by atomic mass is 10.1. The number of carbonyl (C=O) groups excluding carboxylic acids is 1. The minimum atomic E-state index is 0.0298. The topological polar surface area (TPSA) is 41.6 Å². The number of nitrogens with one attached hydrogen (secondary N) is 1. The van der Waals surface area contributed by atoms with Gasteiger partial charge in [0.05, 0.1) is 6.61 Å². The van der Waals surface area contributed by atoms with Crippen LogP contribution in [0.15, 0.2) is 18.2 Å². The molecule has 4 heteroatoms. The Morgan fingerprint density at radius 2 is 2.16 bits per heavy atom. The van der Waals surface area contributed by atoms with Crippen LogP contribution in [0, 0.1) is 6.92 Å². The van der Waals surface area contributed by atoms with Gasteiger partial charge in [0.1, 0.15) is 0 Å². The van der Waals surface area contributed by atoms with Crippen molar-refractivity contribution in [3.8, 4) is 0 Å². The number of ether oxygens (including phenoxy) is 1. The monoisotopic (exact) mass is 264 g/mol. The SMILES string of the molecule is CCCNc1ccc(C(=O)N(C)CCOC)cc1C. The Morgan fingerprint density at radius 3 is 2.74 bits per heavy atom. The van der Waals surface area contributed by atoms with Crippen LogP contribution in [-0.4, -0.2) is 44.7 Å². The van der Waals surface area contributed by atoms with Crippen LogP contribution in [0.5, 0.6) is 0 Å². The van der Waals surface area contributed by atoms with E-state index in [0.717, 1.165) is 29.8 Å². The van der Waals surface area contributed by atoms with Crippen molar-refractivity contribution in [1.82, 2.24) is 4.90 Å². The summed E-state index contributed by atoms with van der Waals surface area (Å²) in [6.45, 7) is 6.25. The van der Waals surface area contributed by atoms with Crippen molar-refractivity contribution in [2.75, 3.05) is 39.2 Å². The first-order valence-electron chi connectivity index (χ1n) is 6.69. The third-order valence-corrected chi connectivity index (χ3v) is 3.02. The van der Waals surface area contributed by atoms with Gasteiger partial charge in [-0.25, -0.2) is 0 Å². The summed E-state index contributed by atoms with van der Waals surface area (Å²) in [5.74, 6) is 0.0298. The molecule has 1 aromatic carbocycles. The van der Waals surface area contributed by atoms with E-state index in [1.807, 2.05) is 25.1 Å². The first-order chi connectivity index (χ1) is 9.10. The number of carbonyl (C=O) groups is 1. The van der Waals surface area contributed by atoms with Crippen molar-refractivity contribution in [1.29, 1.82) is 0 Å². The second-order valence-electron chi connectivity index (χ2n) is 4.68. The van der Waals surface area contributed by atoms with Gasteiger partial charge < -0.3 is 15.0 Å². The summed E-state index contributed by atoms with van der Waals surface area (Å²) in [5, 5.41) is 3.35. The van der Waals surface area contributed by atoms with Gasteiger partial charge in [-0.1, -0.05) is 6.92 Å². The normalized spacial score (nSPS) is 10.3. The van der Waals surface area contributed by atoms with E-state index in [1.165, 1.54) is 0 Å². The van der Waals surface area contributed by atoms with Gasteiger partial charge in [-0.05, 0) is 37.1 Å². The molecule has 0 radical (unpaired) electrons. The van der Waals surface area contributed by atoms with Gasteiger partial charge in [-0.2, -0.15) is 0 Å². The number of anilines is 1. The van der Waals surface area contributed by atoms with Gasteiger partial charge in [0.2, 0.25) is 0 Å². The Bertz CT molecular complexity index is 419. The van der Waals surface area contributed by atoms with E-state index >= 15 is 0 Å². The fraction of sp³-hybridized carbons (Fsp3) is 0.533. The van der Waals surface area contributed by atoms with Crippen LogP contribution >= 0.6 is 0 Å². The van der Waals surface area contributed by atoms with Crippen LogP contribution in [0.1, 0.15) is 29.3 Å². The molecule has 0 heterocycles. The molecule has 0 aromatic heterocycles. The summed E-state index contributed by atoms with van der Waals surface area (Å²) in [7, 11) is 3.43. The predicted molar refractivity (Wildman–Crippen MR) is 78.8 cm³/mol. The molecule has 106 valence electrons. The van der Waals surface area contributed by atoms with Crippen LogP contribution < -0.4 is 5.32 Å². The average molecular weight is 264 g/mol. The van der Waals surface area contributed by atoms with Crippen LogP contribution in [-0.2, 0) is 4.74 Å². The minimum Gasteiger partial charge on any atom is -0.385 e. The summed E-state index contributed by atoms with van der Waals surface area (Å²) < 4.78 is 4.98. The van der Waals surface area contributed by atoms with Crippen LogP contribution in [0.4, 0.5) is 5.69 Å². The number of rotatable bonds is 7.